The zero-order chi connectivity index (χ0) is 20.6. The van der Waals surface area contributed by atoms with E-state index in [2.05, 4.69) is 22.5 Å². The first-order chi connectivity index (χ1) is 14.1. The summed E-state index contributed by atoms with van der Waals surface area (Å²) in [6, 6.07) is 15.5. The summed E-state index contributed by atoms with van der Waals surface area (Å²) < 4.78 is 13.6. The van der Waals surface area contributed by atoms with Crippen LogP contribution >= 0.6 is 0 Å². The summed E-state index contributed by atoms with van der Waals surface area (Å²) in [4.78, 5) is 28.8. The summed E-state index contributed by atoms with van der Waals surface area (Å²) in [6.45, 7) is 2.34. The first kappa shape index (κ1) is 20.2. The number of halogens is 1. The fourth-order valence-corrected chi connectivity index (χ4v) is 2.83. The summed E-state index contributed by atoms with van der Waals surface area (Å²) in [5.41, 5.74) is 2.94. The molecule has 0 fully saturated rings. The Morgan fingerprint density at radius 2 is 1.66 bits per heavy atom. The Kier molecular flexibility index (Phi) is 6.68. The quantitative estimate of drug-likeness (QED) is 0.639. The molecule has 0 saturated heterocycles. The number of carbonyl (C=O) groups excluding carboxylic acids is 2. The third-order valence-corrected chi connectivity index (χ3v) is 4.52. The number of nitrogens with one attached hydrogen (secondary N) is 2. The fourth-order valence-electron chi connectivity index (χ4n) is 2.83. The molecule has 3 aromatic rings. The number of rotatable bonds is 7. The molecule has 3 rings (SSSR count). The molecule has 2 N–H and O–H groups in total. The molecule has 148 valence electrons. The van der Waals surface area contributed by atoms with Gasteiger partial charge in [0.1, 0.15) is 5.82 Å². The van der Waals surface area contributed by atoms with Crippen molar-refractivity contribution in [2.24, 2.45) is 0 Å². The highest BCUT2D eigenvalue weighted by atomic mass is 19.1. The van der Waals surface area contributed by atoms with Gasteiger partial charge in [-0.3, -0.25) is 14.6 Å². The number of hydrogen-bond acceptors (Lipinski definition) is 3. The third kappa shape index (κ3) is 5.48. The van der Waals surface area contributed by atoms with Gasteiger partial charge in [-0.1, -0.05) is 37.3 Å². The molecule has 0 radical (unpaired) electrons. The monoisotopic (exact) mass is 391 g/mol. The van der Waals surface area contributed by atoms with Gasteiger partial charge in [0.15, 0.2) is 0 Å². The van der Waals surface area contributed by atoms with Gasteiger partial charge in [-0.25, -0.2) is 4.39 Å². The summed E-state index contributed by atoms with van der Waals surface area (Å²) in [7, 11) is 0. The molecule has 0 aliphatic carbocycles. The van der Waals surface area contributed by atoms with Crippen molar-refractivity contribution in [1.82, 2.24) is 10.3 Å². The van der Waals surface area contributed by atoms with Crippen LogP contribution < -0.4 is 10.6 Å². The van der Waals surface area contributed by atoms with Crippen molar-refractivity contribution in [2.75, 3.05) is 11.9 Å². The second kappa shape index (κ2) is 9.59. The van der Waals surface area contributed by atoms with E-state index in [9.17, 15) is 14.0 Å². The molecule has 5 nitrogen and oxygen atoms in total. The predicted octanol–water partition coefficient (Wildman–Crippen LogP) is 4.01. The summed E-state index contributed by atoms with van der Waals surface area (Å²) in [5.74, 6) is -1.01. The van der Waals surface area contributed by atoms with Gasteiger partial charge < -0.3 is 10.6 Å². The highest BCUT2D eigenvalue weighted by Crippen LogP contribution is 2.12. The second-order valence-electron chi connectivity index (χ2n) is 6.56. The smallest absolute Gasteiger partial charge is 0.257 e. The van der Waals surface area contributed by atoms with E-state index in [1.165, 1.54) is 30.1 Å². The van der Waals surface area contributed by atoms with Crippen molar-refractivity contribution >= 4 is 17.5 Å². The maximum Gasteiger partial charge on any atom is 0.257 e. The first-order valence-electron chi connectivity index (χ1n) is 9.43. The van der Waals surface area contributed by atoms with E-state index in [1.807, 2.05) is 24.3 Å². The van der Waals surface area contributed by atoms with Gasteiger partial charge in [-0.05, 0) is 48.2 Å². The summed E-state index contributed by atoms with van der Waals surface area (Å²) in [6.07, 6.45) is 4.10. The Labute approximate surface area is 169 Å². The lowest BCUT2D eigenvalue weighted by atomic mass is 10.1. The Morgan fingerprint density at radius 3 is 2.34 bits per heavy atom. The van der Waals surface area contributed by atoms with Gasteiger partial charge in [0.2, 0.25) is 0 Å². The molecule has 29 heavy (non-hydrogen) atoms. The van der Waals surface area contributed by atoms with Gasteiger partial charge in [0.25, 0.3) is 11.8 Å². The average Bonchev–Trinajstić information content (AvgIpc) is 2.75. The van der Waals surface area contributed by atoms with Gasteiger partial charge in [-0.2, -0.15) is 0 Å². The van der Waals surface area contributed by atoms with E-state index in [0.717, 1.165) is 6.42 Å². The molecule has 2 amide bonds. The number of anilines is 1. The van der Waals surface area contributed by atoms with Gasteiger partial charge in [-0.15, -0.1) is 0 Å². The predicted molar refractivity (Wildman–Crippen MR) is 110 cm³/mol. The van der Waals surface area contributed by atoms with Crippen molar-refractivity contribution in [1.29, 1.82) is 0 Å². The Bertz CT molecular complexity index is 1000. The molecule has 2 aromatic carbocycles. The molecule has 0 saturated carbocycles. The van der Waals surface area contributed by atoms with E-state index in [-0.39, 0.29) is 35.3 Å². The van der Waals surface area contributed by atoms with Gasteiger partial charge >= 0.3 is 0 Å². The Morgan fingerprint density at radius 1 is 0.966 bits per heavy atom. The number of carbonyl (C=O) groups is 2. The van der Waals surface area contributed by atoms with Crippen LogP contribution in [0.2, 0.25) is 0 Å². The van der Waals surface area contributed by atoms with Crippen LogP contribution in [-0.4, -0.2) is 23.3 Å². The van der Waals surface area contributed by atoms with Crippen LogP contribution in [-0.2, 0) is 12.8 Å². The maximum atomic E-state index is 13.6. The molecule has 0 spiro atoms. The van der Waals surface area contributed by atoms with Crippen molar-refractivity contribution < 1.29 is 14.0 Å². The van der Waals surface area contributed by atoms with E-state index in [1.54, 1.807) is 18.2 Å². The lowest BCUT2D eigenvalue weighted by molar-refractivity contribution is 0.0953. The largest absolute Gasteiger partial charge is 0.352 e. The molecule has 0 aliphatic rings. The number of nitrogens with zero attached hydrogens (tertiary/aromatic N) is 1. The number of amides is 2. The minimum atomic E-state index is -0.365. The molecule has 6 heteroatoms. The van der Waals surface area contributed by atoms with Crippen LogP contribution in [0, 0.1) is 5.82 Å². The molecule has 0 atom stereocenters. The van der Waals surface area contributed by atoms with Crippen LogP contribution in [0.15, 0.2) is 67.0 Å². The molecular weight excluding hydrogens is 369 g/mol. The maximum absolute atomic E-state index is 13.6. The van der Waals surface area contributed by atoms with Crippen LogP contribution in [0.4, 0.5) is 10.1 Å². The van der Waals surface area contributed by atoms with E-state index in [0.29, 0.717) is 17.7 Å². The van der Waals surface area contributed by atoms with Gasteiger partial charge in [0.05, 0.1) is 11.1 Å². The van der Waals surface area contributed by atoms with Crippen molar-refractivity contribution in [3.8, 4) is 0 Å². The Balaban J connectivity index is 1.59. The van der Waals surface area contributed by atoms with Crippen molar-refractivity contribution in [2.45, 2.75) is 19.8 Å². The molecular formula is C23H22FN3O2. The average molecular weight is 391 g/mol. The third-order valence-electron chi connectivity index (χ3n) is 4.52. The molecule has 0 bridgehead atoms. The molecule has 1 aromatic heterocycles. The lowest BCUT2D eigenvalue weighted by Gasteiger charge is -2.08. The highest BCUT2D eigenvalue weighted by Gasteiger charge is 2.12. The SMILES string of the molecule is CCc1ccc(NC(=O)c2cncc(C(=O)NCCc3ccccc3F)c2)cc1. The standard InChI is InChI=1S/C23H22FN3O2/c1-2-16-7-9-20(10-8-16)27-23(29)19-13-18(14-25-15-19)22(28)26-12-11-17-5-3-4-6-21(17)24/h3-10,13-15H,2,11-12H2,1H3,(H,26,28)(H,27,29). The van der Waals surface area contributed by atoms with Crippen LogP contribution in [0.25, 0.3) is 0 Å². The molecule has 0 aliphatic heterocycles. The van der Waals surface area contributed by atoms with E-state index in [4.69, 9.17) is 0 Å². The van der Waals surface area contributed by atoms with E-state index < -0.39 is 0 Å². The Hall–Kier alpha value is -3.54. The number of hydrogen-bond donors (Lipinski definition) is 2. The zero-order valence-electron chi connectivity index (χ0n) is 16.1. The van der Waals surface area contributed by atoms with E-state index >= 15 is 0 Å². The zero-order valence-corrected chi connectivity index (χ0v) is 16.1. The lowest BCUT2D eigenvalue weighted by Crippen LogP contribution is -2.26. The van der Waals surface area contributed by atoms with Crippen molar-refractivity contribution in [3.05, 3.63) is 95.1 Å². The van der Waals surface area contributed by atoms with Crippen LogP contribution in [0.5, 0.6) is 0 Å². The first-order valence-corrected chi connectivity index (χ1v) is 9.43. The van der Waals surface area contributed by atoms with Gasteiger partial charge in [0, 0.05) is 24.6 Å². The number of aryl methyl sites for hydroxylation is 1. The van der Waals surface area contributed by atoms with Crippen LogP contribution in [0.3, 0.4) is 0 Å². The number of benzene rings is 2. The topological polar surface area (TPSA) is 71.1 Å². The fraction of sp³-hybridized carbons (Fsp3) is 0.174. The minimum Gasteiger partial charge on any atom is -0.352 e. The van der Waals surface area contributed by atoms with Crippen LogP contribution in [0.1, 0.15) is 38.8 Å². The highest BCUT2D eigenvalue weighted by molar-refractivity contribution is 6.05. The number of pyridine rings is 1. The normalized spacial score (nSPS) is 10.4. The molecule has 1 heterocycles. The number of aromatic nitrogens is 1. The summed E-state index contributed by atoms with van der Waals surface area (Å²) >= 11 is 0. The summed E-state index contributed by atoms with van der Waals surface area (Å²) in [5, 5.41) is 5.52. The second-order valence-corrected chi connectivity index (χ2v) is 6.56. The van der Waals surface area contributed by atoms with Crippen molar-refractivity contribution in [3.63, 3.8) is 0 Å². The minimum absolute atomic E-state index is 0.271. The molecule has 0 unspecified atom stereocenters.